The van der Waals surface area contributed by atoms with Gasteiger partial charge in [-0.15, -0.1) is 0 Å². The number of benzene rings is 2. The molecule has 9 heteroatoms. The molecule has 0 radical (unpaired) electrons. The van der Waals surface area contributed by atoms with Crippen LogP contribution in [0.15, 0.2) is 53.3 Å². The van der Waals surface area contributed by atoms with Crippen molar-refractivity contribution >= 4 is 10.9 Å². The Morgan fingerprint density at radius 2 is 1.84 bits per heavy atom. The van der Waals surface area contributed by atoms with Gasteiger partial charge in [0.1, 0.15) is 6.04 Å². The Morgan fingerprint density at radius 3 is 2.50 bits per heavy atom. The number of alkyl halides is 3. The Balaban J connectivity index is 2.00. The average Bonchev–Trinajstić information content (AvgIpc) is 2.71. The zero-order valence-electron chi connectivity index (χ0n) is 17.6. The zero-order chi connectivity index (χ0) is 23.5. The van der Waals surface area contributed by atoms with E-state index in [-0.39, 0.29) is 11.3 Å². The molecule has 2 aromatic carbocycles. The van der Waals surface area contributed by atoms with Crippen LogP contribution >= 0.6 is 0 Å². The molecule has 4 rings (SSSR count). The third-order valence-electron chi connectivity index (χ3n) is 6.11. The lowest BCUT2D eigenvalue weighted by atomic mass is 9.63. The maximum absolute atomic E-state index is 14.6. The molecule has 0 aliphatic heterocycles. The van der Waals surface area contributed by atoms with Crippen LogP contribution in [0.5, 0.6) is 5.75 Å². The fourth-order valence-electron chi connectivity index (χ4n) is 4.57. The number of fused-ring (bicyclic) bond motifs is 2. The van der Waals surface area contributed by atoms with E-state index in [1.54, 1.807) is 44.2 Å². The van der Waals surface area contributed by atoms with Gasteiger partial charge in [0.25, 0.3) is 5.56 Å². The molecule has 0 spiro atoms. The third kappa shape index (κ3) is 3.31. The predicted octanol–water partition coefficient (Wildman–Crippen LogP) is 4.41. The van der Waals surface area contributed by atoms with Gasteiger partial charge in [0.05, 0.1) is 12.6 Å². The second kappa shape index (κ2) is 7.23. The van der Waals surface area contributed by atoms with E-state index in [1.807, 2.05) is 0 Å². The molecule has 0 fully saturated rings. The van der Waals surface area contributed by atoms with E-state index in [0.29, 0.717) is 16.5 Å². The Hall–Kier alpha value is -3.07. The van der Waals surface area contributed by atoms with Gasteiger partial charge >= 0.3 is 6.18 Å². The first-order chi connectivity index (χ1) is 14.9. The molecule has 170 valence electrons. The van der Waals surface area contributed by atoms with Crippen molar-refractivity contribution in [2.45, 2.75) is 43.5 Å². The summed E-state index contributed by atoms with van der Waals surface area (Å²) in [5.41, 5.74) is -1.87. The number of pyridine rings is 1. The molecule has 2 atom stereocenters. The largest absolute Gasteiger partial charge is 0.494 e. The number of aliphatic hydroxyl groups is 1. The topological polar surface area (TPSA) is 63.5 Å². The molecule has 1 heterocycles. The zero-order valence-corrected chi connectivity index (χ0v) is 17.6. The molecule has 1 aliphatic carbocycles. The summed E-state index contributed by atoms with van der Waals surface area (Å²) in [6.07, 6.45) is -5.77. The summed E-state index contributed by atoms with van der Waals surface area (Å²) in [5.74, 6) is -0.985. The highest BCUT2D eigenvalue weighted by Gasteiger charge is 2.64. The maximum atomic E-state index is 14.6. The van der Waals surface area contributed by atoms with Gasteiger partial charge in [-0.05, 0) is 47.2 Å². The van der Waals surface area contributed by atoms with Crippen molar-refractivity contribution in [1.29, 1.82) is 0 Å². The SMILES string of the molecule is COc1cc2c(cc1F)C(Nn1c(=O)ccc3ccccc31)C(O)(C(F)(F)F)CC2(C)C. The number of nitrogens with one attached hydrogen (secondary N) is 1. The number of nitrogens with zero attached hydrogens (tertiary/aromatic N) is 1. The predicted molar refractivity (Wildman–Crippen MR) is 112 cm³/mol. The van der Waals surface area contributed by atoms with Crippen LogP contribution in [-0.2, 0) is 5.41 Å². The monoisotopic (exact) mass is 450 g/mol. The smallest absolute Gasteiger partial charge is 0.419 e. The molecule has 3 aromatic rings. The van der Waals surface area contributed by atoms with Crippen LogP contribution in [0.4, 0.5) is 17.6 Å². The maximum Gasteiger partial charge on any atom is 0.419 e. The average molecular weight is 450 g/mol. The van der Waals surface area contributed by atoms with Gasteiger partial charge in [0, 0.05) is 11.5 Å². The summed E-state index contributed by atoms with van der Waals surface area (Å²) in [7, 11) is 1.26. The fraction of sp³-hybridized carbons (Fsp3) is 0.348. The summed E-state index contributed by atoms with van der Waals surface area (Å²) in [4.78, 5) is 12.6. The van der Waals surface area contributed by atoms with Gasteiger partial charge in [0.2, 0.25) is 0 Å². The second-order valence-corrected chi connectivity index (χ2v) is 8.68. The number of rotatable bonds is 3. The number of methoxy groups -OCH3 is 1. The minimum absolute atomic E-state index is 0.0980. The molecule has 2 unspecified atom stereocenters. The van der Waals surface area contributed by atoms with E-state index in [1.165, 1.54) is 19.2 Å². The molecule has 0 amide bonds. The number of para-hydroxylation sites is 1. The minimum atomic E-state index is -5.07. The van der Waals surface area contributed by atoms with Crippen LogP contribution in [0.1, 0.15) is 37.4 Å². The van der Waals surface area contributed by atoms with E-state index >= 15 is 0 Å². The normalized spacial score (nSPS) is 22.4. The highest BCUT2D eigenvalue weighted by molar-refractivity contribution is 5.79. The van der Waals surface area contributed by atoms with Crippen molar-refractivity contribution in [2.24, 2.45) is 0 Å². The van der Waals surface area contributed by atoms with Crippen LogP contribution in [0, 0.1) is 5.82 Å². The Bertz CT molecular complexity index is 1250. The van der Waals surface area contributed by atoms with Crippen LogP contribution < -0.4 is 15.7 Å². The van der Waals surface area contributed by atoms with E-state index in [4.69, 9.17) is 4.74 Å². The lowest BCUT2D eigenvalue weighted by Gasteiger charge is -2.49. The van der Waals surface area contributed by atoms with Gasteiger partial charge in [-0.2, -0.15) is 13.2 Å². The summed E-state index contributed by atoms with van der Waals surface area (Å²) in [5, 5.41) is 11.6. The lowest BCUT2D eigenvalue weighted by molar-refractivity contribution is -0.276. The summed E-state index contributed by atoms with van der Waals surface area (Å²) in [6, 6.07) is 9.82. The highest BCUT2D eigenvalue weighted by Crippen LogP contribution is 2.54. The third-order valence-corrected chi connectivity index (χ3v) is 6.11. The lowest BCUT2D eigenvalue weighted by Crippen LogP contribution is -2.60. The van der Waals surface area contributed by atoms with Gasteiger partial charge in [0.15, 0.2) is 17.2 Å². The van der Waals surface area contributed by atoms with Crippen molar-refractivity contribution in [3.8, 4) is 5.75 Å². The molecule has 1 aromatic heterocycles. The first-order valence-corrected chi connectivity index (χ1v) is 9.93. The molecule has 2 N–H and O–H groups in total. The molecule has 1 aliphatic rings. The molecule has 0 saturated carbocycles. The Labute approximate surface area is 181 Å². The Kier molecular flexibility index (Phi) is 5.00. The molecule has 0 bridgehead atoms. The standard InChI is InChI=1S/C23H22F4N2O3/c1-21(2)12-22(31,23(25,26)27)20(14-10-16(24)18(32-3)11-15(14)21)28-29-17-7-5-4-6-13(17)8-9-19(29)30/h4-11,20,28,31H,12H2,1-3H3. The van der Waals surface area contributed by atoms with E-state index < -0.39 is 41.0 Å². The highest BCUT2D eigenvalue weighted by atomic mass is 19.4. The first-order valence-electron chi connectivity index (χ1n) is 9.93. The van der Waals surface area contributed by atoms with Crippen LogP contribution in [0.2, 0.25) is 0 Å². The van der Waals surface area contributed by atoms with Crippen molar-refractivity contribution in [3.05, 3.63) is 75.8 Å². The number of aromatic nitrogens is 1. The summed E-state index contributed by atoms with van der Waals surface area (Å²) in [6.45, 7) is 3.08. The van der Waals surface area contributed by atoms with Crippen molar-refractivity contribution in [1.82, 2.24) is 4.68 Å². The van der Waals surface area contributed by atoms with Gasteiger partial charge in [-0.1, -0.05) is 32.0 Å². The summed E-state index contributed by atoms with van der Waals surface area (Å²) >= 11 is 0. The van der Waals surface area contributed by atoms with E-state index in [9.17, 15) is 27.5 Å². The summed E-state index contributed by atoms with van der Waals surface area (Å²) < 4.78 is 63.5. The molecular weight excluding hydrogens is 428 g/mol. The number of halogens is 4. The van der Waals surface area contributed by atoms with Crippen molar-refractivity contribution in [2.75, 3.05) is 12.5 Å². The van der Waals surface area contributed by atoms with Gasteiger partial charge < -0.3 is 15.3 Å². The Morgan fingerprint density at radius 1 is 1.16 bits per heavy atom. The number of hydrogen-bond acceptors (Lipinski definition) is 4. The molecular formula is C23H22F4N2O3. The molecule has 5 nitrogen and oxygen atoms in total. The molecule has 32 heavy (non-hydrogen) atoms. The van der Waals surface area contributed by atoms with Crippen LogP contribution in [0.3, 0.4) is 0 Å². The second-order valence-electron chi connectivity index (χ2n) is 8.68. The van der Waals surface area contributed by atoms with Gasteiger partial charge in [-0.25, -0.2) is 9.07 Å². The van der Waals surface area contributed by atoms with Crippen molar-refractivity contribution < 1.29 is 27.4 Å². The van der Waals surface area contributed by atoms with Crippen LogP contribution in [-0.4, -0.2) is 28.7 Å². The fourth-order valence-corrected chi connectivity index (χ4v) is 4.57. The van der Waals surface area contributed by atoms with E-state index in [0.717, 1.165) is 10.7 Å². The van der Waals surface area contributed by atoms with Crippen LogP contribution in [0.25, 0.3) is 10.9 Å². The van der Waals surface area contributed by atoms with Gasteiger partial charge in [-0.3, -0.25) is 4.79 Å². The molecule has 0 saturated heterocycles. The van der Waals surface area contributed by atoms with E-state index in [2.05, 4.69) is 5.43 Å². The first kappa shape index (κ1) is 22.1. The number of ether oxygens (including phenoxy) is 1. The quantitative estimate of drug-likeness (QED) is 0.581. The minimum Gasteiger partial charge on any atom is -0.494 e. The van der Waals surface area contributed by atoms with Crippen molar-refractivity contribution in [3.63, 3.8) is 0 Å². The number of hydrogen-bond donors (Lipinski definition) is 2.